The number of aryl methyl sites for hydroxylation is 1. The van der Waals surface area contributed by atoms with Gasteiger partial charge in [0, 0.05) is 30.9 Å². The molecular formula is C18H19N5O2. The van der Waals surface area contributed by atoms with Gasteiger partial charge in [0.25, 0.3) is 0 Å². The molecule has 1 aliphatic heterocycles. The van der Waals surface area contributed by atoms with Gasteiger partial charge in [-0.3, -0.25) is 9.89 Å². The molecule has 0 atom stereocenters. The van der Waals surface area contributed by atoms with Gasteiger partial charge in [-0.15, -0.1) is 10.2 Å². The lowest BCUT2D eigenvalue weighted by molar-refractivity contribution is 0.328. The Morgan fingerprint density at radius 1 is 1.28 bits per heavy atom. The molecule has 7 nitrogen and oxygen atoms in total. The highest BCUT2D eigenvalue weighted by atomic mass is 16.5. The molecule has 7 heteroatoms. The van der Waals surface area contributed by atoms with Gasteiger partial charge in [-0.05, 0) is 37.3 Å². The Labute approximate surface area is 145 Å². The van der Waals surface area contributed by atoms with Gasteiger partial charge in [0.2, 0.25) is 5.88 Å². The third-order valence-corrected chi connectivity index (χ3v) is 3.65. The molecule has 1 aromatic carbocycles. The van der Waals surface area contributed by atoms with Crippen LogP contribution in [0.5, 0.6) is 11.5 Å². The SMILES string of the molecule is C=C1C=C(c2nncn2CC)C=C(Oc2ccc(O)cc2)N1C=NC. The number of aromatic hydroxyl groups is 1. The summed E-state index contributed by atoms with van der Waals surface area (Å²) >= 11 is 0. The van der Waals surface area contributed by atoms with Gasteiger partial charge >= 0.3 is 0 Å². The molecule has 1 aliphatic rings. The van der Waals surface area contributed by atoms with Crippen molar-refractivity contribution in [2.24, 2.45) is 4.99 Å². The first-order chi connectivity index (χ1) is 12.1. The van der Waals surface area contributed by atoms with Crippen LogP contribution in [-0.4, -0.2) is 38.2 Å². The number of phenols is 1. The minimum atomic E-state index is 0.179. The second-order valence-corrected chi connectivity index (χ2v) is 5.35. The summed E-state index contributed by atoms with van der Waals surface area (Å²) in [5, 5.41) is 17.6. The number of allylic oxidation sites excluding steroid dienone is 3. The molecule has 0 fully saturated rings. The molecule has 1 aromatic heterocycles. The lowest BCUT2D eigenvalue weighted by atomic mass is 10.1. The van der Waals surface area contributed by atoms with Gasteiger partial charge in [0.1, 0.15) is 17.8 Å². The van der Waals surface area contributed by atoms with Crippen molar-refractivity contribution < 1.29 is 9.84 Å². The van der Waals surface area contributed by atoms with Crippen LogP contribution in [0.1, 0.15) is 12.7 Å². The normalized spacial score (nSPS) is 14.6. The number of rotatable bonds is 5. The second kappa shape index (κ2) is 7.04. The maximum atomic E-state index is 9.42. The van der Waals surface area contributed by atoms with Crippen LogP contribution in [0, 0.1) is 0 Å². The molecule has 2 heterocycles. The van der Waals surface area contributed by atoms with Crippen LogP contribution in [0.2, 0.25) is 0 Å². The standard InChI is InChI=1S/C18H19N5O2/c1-4-22-12-20-21-18(22)14-9-13(2)23(11-19-3)17(10-14)25-16-7-5-15(24)6-8-16/h5-12,24H,2,4H2,1,3H3. The van der Waals surface area contributed by atoms with Crippen LogP contribution >= 0.6 is 0 Å². The Morgan fingerprint density at radius 3 is 2.72 bits per heavy atom. The summed E-state index contributed by atoms with van der Waals surface area (Å²) in [5.74, 6) is 2.04. The zero-order valence-electron chi connectivity index (χ0n) is 14.1. The van der Waals surface area contributed by atoms with E-state index in [1.54, 1.807) is 48.9 Å². The largest absolute Gasteiger partial charge is 0.508 e. The summed E-state index contributed by atoms with van der Waals surface area (Å²) in [6.45, 7) is 6.86. The summed E-state index contributed by atoms with van der Waals surface area (Å²) < 4.78 is 7.92. The fraction of sp³-hybridized carbons (Fsp3) is 0.167. The van der Waals surface area contributed by atoms with Crippen LogP contribution in [-0.2, 0) is 6.54 Å². The first kappa shape index (κ1) is 16.5. The molecule has 0 amide bonds. The Morgan fingerprint density at radius 2 is 2.04 bits per heavy atom. The summed E-state index contributed by atoms with van der Waals surface area (Å²) in [6.07, 6.45) is 7.08. The van der Waals surface area contributed by atoms with Crippen molar-refractivity contribution in [3.8, 4) is 11.5 Å². The average Bonchev–Trinajstić information content (AvgIpc) is 3.08. The maximum absolute atomic E-state index is 9.42. The van der Waals surface area contributed by atoms with Crippen molar-refractivity contribution >= 4 is 11.9 Å². The first-order valence-electron chi connectivity index (χ1n) is 7.81. The Balaban J connectivity index is 1.99. The lowest BCUT2D eigenvalue weighted by Gasteiger charge is -2.27. The van der Waals surface area contributed by atoms with E-state index in [4.69, 9.17) is 4.74 Å². The monoisotopic (exact) mass is 337 g/mol. The quantitative estimate of drug-likeness (QED) is 0.671. The highest BCUT2D eigenvalue weighted by Gasteiger charge is 2.21. The predicted octanol–water partition coefficient (Wildman–Crippen LogP) is 2.79. The summed E-state index contributed by atoms with van der Waals surface area (Å²) in [5.41, 5.74) is 1.54. The fourth-order valence-corrected chi connectivity index (χ4v) is 2.43. The van der Waals surface area contributed by atoms with Gasteiger partial charge < -0.3 is 14.4 Å². The number of nitrogens with zero attached hydrogens (tertiary/aromatic N) is 5. The van der Waals surface area contributed by atoms with Gasteiger partial charge in [-0.2, -0.15) is 0 Å². The van der Waals surface area contributed by atoms with E-state index in [-0.39, 0.29) is 5.75 Å². The molecule has 128 valence electrons. The summed E-state index contributed by atoms with van der Waals surface area (Å²) in [4.78, 5) is 5.79. The number of aliphatic imine (C=N–C) groups is 1. The maximum Gasteiger partial charge on any atom is 0.206 e. The van der Waals surface area contributed by atoms with Crippen molar-refractivity contribution in [3.05, 3.63) is 66.7 Å². The Kier molecular flexibility index (Phi) is 4.65. The second-order valence-electron chi connectivity index (χ2n) is 5.35. The van der Waals surface area contributed by atoms with Crippen molar-refractivity contribution in [2.45, 2.75) is 13.5 Å². The molecular weight excluding hydrogens is 318 g/mol. The Bertz CT molecular complexity index is 862. The van der Waals surface area contributed by atoms with Crippen molar-refractivity contribution in [2.75, 3.05) is 7.05 Å². The van der Waals surface area contributed by atoms with E-state index in [9.17, 15) is 5.11 Å². The average molecular weight is 337 g/mol. The van der Waals surface area contributed by atoms with E-state index in [1.165, 1.54) is 0 Å². The zero-order chi connectivity index (χ0) is 17.8. The predicted molar refractivity (Wildman–Crippen MR) is 95.9 cm³/mol. The fourth-order valence-electron chi connectivity index (χ4n) is 2.43. The number of phenolic OH excluding ortho intramolecular Hbond substituents is 1. The van der Waals surface area contributed by atoms with Gasteiger partial charge in [-0.25, -0.2) is 0 Å². The zero-order valence-corrected chi connectivity index (χ0v) is 14.1. The van der Waals surface area contributed by atoms with Crippen LogP contribution < -0.4 is 4.74 Å². The van der Waals surface area contributed by atoms with Gasteiger partial charge in [-0.1, -0.05) is 6.58 Å². The summed E-state index contributed by atoms with van der Waals surface area (Å²) in [6, 6.07) is 6.51. The first-order valence-corrected chi connectivity index (χ1v) is 7.81. The molecule has 2 aromatic rings. The van der Waals surface area contributed by atoms with Crippen molar-refractivity contribution in [1.29, 1.82) is 0 Å². The molecule has 0 saturated carbocycles. The molecule has 25 heavy (non-hydrogen) atoms. The van der Waals surface area contributed by atoms with E-state index in [1.807, 2.05) is 23.6 Å². The molecule has 3 rings (SSSR count). The van der Waals surface area contributed by atoms with E-state index in [2.05, 4.69) is 21.8 Å². The smallest absolute Gasteiger partial charge is 0.206 e. The third-order valence-electron chi connectivity index (χ3n) is 3.65. The summed E-state index contributed by atoms with van der Waals surface area (Å²) in [7, 11) is 1.68. The molecule has 0 unspecified atom stereocenters. The van der Waals surface area contributed by atoms with E-state index in [0.717, 1.165) is 17.9 Å². The van der Waals surface area contributed by atoms with Gasteiger partial charge in [0.05, 0.1) is 6.34 Å². The van der Waals surface area contributed by atoms with E-state index in [0.29, 0.717) is 17.3 Å². The molecule has 0 saturated heterocycles. The van der Waals surface area contributed by atoms with Crippen LogP contribution in [0.25, 0.3) is 5.57 Å². The number of aromatic nitrogens is 3. The minimum absolute atomic E-state index is 0.179. The van der Waals surface area contributed by atoms with Gasteiger partial charge in [0.15, 0.2) is 5.82 Å². The number of ether oxygens (including phenoxy) is 1. The highest BCUT2D eigenvalue weighted by Crippen LogP contribution is 2.29. The van der Waals surface area contributed by atoms with Crippen molar-refractivity contribution in [3.63, 3.8) is 0 Å². The number of hydrogen-bond acceptors (Lipinski definition) is 5. The highest BCUT2D eigenvalue weighted by molar-refractivity contribution is 5.78. The molecule has 0 aliphatic carbocycles. The Hall–Kier alpha value is -3.35. The van der Waals surface area contributed by atoms with Crippen LogP contribution in [0.4, 0.5) is 0 Å². The number of benzene rings is 1. The number of hydrogen-bond donors (Lipinski definition) is 1. The van der Waals surface area contributed by atoms with E-state index < -0.39 is 0 Å². The molecule has 0 radical (unpaired) electrons. The van der Waals surface area contributed by atoms with Crippen LogP contribution in [0.3, 0.4) is 0 Å². The third kappa shape index (κ3) is 3.45. The van der Waals surface area contributed by atoms with Crippen LogP contribution in [0.15, 0.2) is 65.9 Å². The lowest BCUT2D eigenvalue weighted by Crippen LogP contribution is -2.26. The molecule has 0 spiro atoms. The van der Waals surface area contributed by atoms with Crippen molar-refractivity contribution in [1.82, 2.24) is 19.7 Å². The molecule has 1 N–H and O–H groups in total. The minimum Gasteiger partial charge on any atom is -0.508 e. The topological polar surface area (TPSA) is 75.8 Å². The molecule has 0 bridgehead atoms. The van der Waals surface area contributed by atoms with E-state index >= 15 is 0 Å².